The second kappa shape index (κ2) is 6.49. The van der Waals surface area contributed by atoms with Crippen molar-refractivity contribution in [2.24, 2.45) is 0 Å². The molecule has 0 spiro atoms. The number of carbonyl (C=O) groups is 1. The number of nitrogens with one attached hydrogen (secondary N) is 1. The number of amides is 1. The number of hydrogen-bond donors (Lipinski definition) is 1. The number of ether oxygens (including phenoxy) is 1. The molecule has 2 rings (SSSR count). The first-order valence-electron chi connectivity index (χ1n) is 5.78. The van der Waals surface area contributed by atoms with Gasteiger partial charge in [-0.2, -0.15) is 0 Å². The van der Waals surface area contributed by atoms with Crippen molar-refractivity contribution >= 4 is 5.91 Å². The average molecular weight is 260 g/mol. The number of rotatable bonds is 5. The lowest BCUT2D eigenvalue weighted by molar-refractivity contribution is -0.123. The third-order valence-corrected chi connectivity index (χ3v) is 2.38. The molecule has 0 saturated heterocycles. The number of nitrogens with zero attached hydrogens (tertiary/aromatic N) is 1. The Labute approximate surface area is 110 Å². The van der Waals surface area contributed by atoms with Gasteiger partial charge in [0.2, 0.25) is 0 Å². The van der Waals surface area contributed by atoms with E-state index < -0.39 is 5.82 Å². The van der Waals surface area contributed by atoms with Gasteiger partial charge in [-0.25, -0.2) is 4.39 Å². The van der Waals surface area contributed by atoms with Gasteiger partial charge in [-0.3, -0.25) is 9.78 Å². The SMILES string of the molecule is O=C(COc1cccc(F)c1)NCc1cccnc1. The van der Waals surface area contributed by atoms with Crippen molar-refractivity contribution in [2.75, 3.05) is 6.61 Å². The number of pyridine rings is 1. The topological polar surface area (TPSA) is 51.2 Å². The molecule has 2 aromatic rings. The smallest absolute Gasteiger partial charge is 0.258 e. The van der Waals surface area contributed by atoms with E-state index in [4.69, 9.17) is 4.74 Å². The minimum absolute atomic E-state index is 0.149. The van der Waals surface area contributed by atoms with Gasteiger partial charge in [-0.15, -0.1) is 0 Å². The molecule has 1 aromatic carbocycles. The number of benzene rings is 1. The Morgan fingerprint density at radius 2 is 2.21 bits per heavy atom. The first-order chi connectivity index (χ1) is 9.24. The van der Waals surface area contributed by atoms with Gasteiger partial charge in [0.25, 0.3) is 5.91 Å². The van der Waals surface area contributed by atoms with Crippen molar-refractivity contribution < 1.29 is 13.9 Å². The summed E-state index contributed by atoms with van der Waals surface area (Å²) < 4.78 is 18.0. The Morgan fingerprint density at radius 3 is 2.95 bits per heavy atom. The highest BCUT2D eigenvalue weighted by Crippen LogP contribution is 2.11. The molecule has 5 heteroatoms. The van der Waals surface area contributed by atoms with Gasteiger partial charge in [-0.05, 0) is 23.8 Å². The molecule has 98 valence electrons. The quantitative estimate of drug-likeness (QED) is 0.893. The molecule has 0 aliphatic carbocycles. The first kappa shape index (κ1) is 13.0. The zero-order valence-electron chi connectivity index (χ0n) is 10.2. The zero-order valence-corrected chi connectivity index (χ0v) is 10.2. The standard InChI is InChI=1S/C14H13FN2O2/c15-12-4-1-5-13(7-12)19-10-14(18)17-9-11-3-2-6-16-8-11/h1-8H,9-10H2,(H,17,18). The van der Waals surface area contributed by atoms with Gasteiger partial charge in [0.15, 0.2) is 6.61 Å². The van der Waals surface area contributed by atoms with E-state index in [1.807, 2.05) is 6.07 Å². The van der Waals surface area contributed by atoms with Crippen molar-refractivity contribution in [1.29, 1.82) is 0 Å². The summed E-state index contributed by atoms with van der Waals surface area (Å²) in [4.78, 5) is 15.5. The zero-order chi connectivity index (χ0) is 13.5. The second-order valence-corrected chi connectivity index (χ2v) is 3.88. The number of hydrogen-bond acceptors (Lipinski definition) is 3. The fraction of sp³-hybridized carbons (Fsp3) is 0.143. The maximum Gasteiger partial charge on any atom is 0.258 e. The van der Waals surface area contributed by atoms with E-state index in [0.29, 0.717) is 12.3 Å². The maximum absolute atomic E-state index is 12.9. The summed E-state index contributed by atoms with van der Waals surface area (Å²) in [6.07, 6.45) is 3.34. The summed E-state index contributed by atoms with van der Waals surface area (Å²) in [5.41, 5.74) is 0.904. The second-order valence-electron chi connectivity index (χ2n) is 3.88. The molecule has 1 amide bonds. The molecular formula is C14H13FN2O2. The molecule has 19 heavy (non-hydrogen) atoms. The summed E-state index contributed by atoms with van der Waals surface area (Å²) >= 11 is 0. The average Bonchev–Trinajstić information content (AvgIpc) is 2.44. The van der Waals surface area contributed by atoms with Crippen molar-refractivity contribution in [3.8, 4) is 5.75 Å². The summed E-state index contributed by atoms with van der Waals surface area (Å²) in [6.45, 7) is 0.239. The molecular weight excluding hydrogens is 247 g/mol. The van der Waals surface area contributed by atoms with E-state index >= 15 is 0 Å². The molecule has 0 saturated carbocycles. The van der Waals surface area contributed by atoms with Crippen LogP contribution in [0.2, 0.25) is 0 Å². The molecule has 4 nitrogen and oxygen atoms in total. The highest BCUT2D eigenvalue weighted by Gasteiger charge is 2.03. The lowest BCUT2D eigenvalue weighted by Gasteiger charge is -2.07. The first-order valence-corrected chi connectivity index (χ1v) is 5.78. The predicted octanol–water partition coefficient (Wildman–Crippen LogP) is 1.92. The molecule has 1 aromatic heterocycles. The van der Waals surface area contributed by atoms with Gasteiger partial charge < -0.3 is 10.1 Å². The lowest BCUT2D eigenvalue weighted by Crippen LogP contribution is -2.28. The number of halogens is 1. The van der Waals surface area contributed by atoms with Crippen LogP contribution in [0, 0.1) is 5.82 Å². The van der Waals surface area contributed by atoms with Gasteiger partial charge in [0.05, 0.1) is 0 Å². The third-order valence-electron chi connectivity index (χ3n) is 2.38. The largest absolute Gasteiger partial charge is 0.484 e. The molecule has 0 aliphatic rings. The Balaban J connectivity index is 1.76. The summed E-state index contributed by atoms with van der Waals surface area (Å²) in [5, 5.41) is 2.69. The van der Waals surface area contributed by atoms with Crippen LogP contribution in [-0.2, 0) is 11.3 Å². The Bertz CT molecular complexity index is 546. The Hall–Kier alpha value is -2.43. The van der Waals surface area contributed by atoms with Crippen molar-refractivity contribution in [3.05, 3.63) is 60.2 Å². The van der Waals surface area contributed by atoms with Crippen LogP contribution in [0.5, 0.6) is 5.75 Å². The highest BCUT2D eigenvalue weighted by atomic mass is 19.1. The minimum Gasteiger partial charge on any atom is -0.484 e. The van der Waals surface area contributed by atoms with Crippen molar-refractivity contribution in [3.63, 3.8) is 0 Å². The Kier molecular flexibility index (Phi) is 4.44. The van der Waals surface area contributed by atoms with E-state index in [9.17, 15) is 9.18 Å². The molecule has 1 N–H and O–H groups in total. The minimum atomic E-state index is -0.395. The Morgan fingerprint density at radius 1 is 1.32 bits per heavy atom. The fourth-order valence-electron chi connectivity index (χ4n) is 1.46. The number of carbonyl (C=O) groups excluding carboxylic acids is 1. The van der Waals surface area contributed by atoms with E-state index in [-0.39, 0.29) is 12.5 Å². The van der Waals surface area contributed by atoms with Gasteiger partial charge in [0.1, 0.15) is 11.6 Å². The maximum atomic E-state index is 12.9. The van der Waals surface area contributed by atoms with Crippen LogP contribution < -0.4 is 10.1 Å². The van der Waals surface area contributed by atoms with Gasteiger partial charge >= 0.3 is 0 Å². The van der Waals surface area contributed by atoms with Gasteiger partial charge in [-0.1, -0.05) is 12.1 Å². The monoisotopic (exact) mass is 260 g/mol. The summed E-state index contributed by atoms with van der Waals surface area (Å²) in [5.74, 6) is -0.335. The van der Waals surface area contributed by atoms with Crippen LogP contribution >= 0.6 is 0 Å². The van der Waals surface area contributed by atoms with Crippen LogP contribution in [0.1, 0.15) is 5.56 Å². The molecule has 0 unspecified atom stereocenters. The molecule has 0 bridgehead atoms. The van der Waals surface area contributed by atoms with Crippen molar-refractivity contribution in [1.82, 2.24) is 10.3 Å². The van der Waals surface area contributed by atoms with Gasteiger partial charge in [0, 0.05) is 25.0 Å². The van der Waals surface area contributed by atoms with Crippen LogP contribution in [0.25, 0.3) is 0 Å². The lowest BCUT2D eigenvalue weighted by atomic mass is 10.3. The number of aromatic nitrogens is 1. The molecule has 0 radical (unpaired) electrons. The van der Waals surface area contributed by atoms with E-state index in [0.717, 1.165) is 5.56 Å². The molecule has 1 heterocycles. The third kappa shape index (κ3) is 4.39. The van der Waals surface area contributed by atoms with Crippen molar-refractivity contribution in [2.45, 2.75) is 6.54 Å². The summed E-state index contributed by atoms with van der Waals surface area (Å²) in [7, 11) is 0. The van der Waals surface area contributed by atoms with E-state index in [1.165, 1.54) is 18.2 Å². The highest BCUT2D eigenvalue weighted by molar-refractivity contribution is 5.77. The molecule has 0 aliphatic heterocycles. The fourth-order valence-corrected chi connectivity index (χ4v) is 1.46. The van der Waals surface area contributed by atoms with Crippen LogP contribution in [0.3, 0.4) is 0 Å². The van der Waals surface area contributed by atoms with Crippen LogP contribution in [-0.4, -0.2) is 17.5 Å². The van der Waals surface area contributed by atoms with Crippen LogP contribution in [0.15, 0.2) is 48.8 Å². The van der Waals surface area contributed by atoms with E-state index in [2.05, 4.69) is 10.3 Å². The summed E-state index contributed by atoms with van der Waals surface area (Å²) in [6, 6.07) is 9.32. The molecule has 0 fully saturated rings. The normalized spacial score (nSPS) is 9.95. The molecule has 0 atom stereocenters. The van der Waals surface area contributed by atoms with E-state index in [1.54, 1.807) is 24.5 Å². The van der Waals surface area contributed by atoms with Crippen LogP contribution in [0.4, 0.5) is 4.39 Å². The predicted molar refractivity (Wildman–Crippen MR) is 68.0 cm³/mol.